The Morgan fingerprint density at radius 3 is 2.48 bits per heavy atom. The fourth-order valence-corrected chi connectivity index (χ4v) is 3.92. The molecular weight excluding hydrogens is 366 g/mol. The summed E-state index contributed by atoms with van der Waals surface area (Å²) in [6, 6.07) is 17.0. The number of ether oxygens (including phenoxy) is 1. The second kappa shape index (κ2) is 9.20. The molecule has 1 saturated heterocycles. The fourth-order valence-electron chi connectivity index (χ4n) is 3.92. The van der Waals surface area contributed by atoms with E-state index in [9.17, 15) is 4.79 Å². The van der Waals surface area contributed by atoms with Gasteiger partial charge in [0.25, 0.3) is 0 Å². The van der Waals surface area contributed by atoms with Gasteiger partial charge in [0.1, 0.15) is 5.84 Å². The predicted octanol–water partition coefficient (Wildman–Crippen LogP) is 2.78. The van der Waals surface area contributed by atoms with Gasteiger partial charge in [-0.3, -0.25) is 9.69 Å². The van der Waals surface area contributed by atoms with Crippen LogP contribution in [0, 0.1) is 0 Å². The molecule has 152 valence electrons. The van der Waals surface area contributed by atoms with Crippen molar-refractivity contribution < 1.29 is 14.6 Å². The van der Waals surface area contributed by atoms with Crippen LogP contribution >= 0.6 is 0 Å². The number of rotatable bonds is 6. The fraction of sp³-hybridized carbons (Fsp3) is 0.391. The molecule has 1 fully saturated rings. The summed E-state index contributed by atoms with van der Waals surface area (Å²) in [6.45, 7) is 5.43. The molecule has 0 unspecified atom stereocenters. The van der Waals surface area contributed by atoms with Crippen molar-refractivity contribution in [1.82, 2.24) is 9.80 Å². The average molecular weight is 393 g/mol. The van der Waals surface area contributed by atoms with Gasteiger partial charge in [0.2, 0.25) is 0 Å². The monoisotopic (exact) mass is 393 g/mol. The van der Waals surface area contributed by atoms with Crippen molar-refractivity contribution in [3.05, 3.63) is 65.2 Å². The Hall–Kier alpha value is -2.70. The third kappa shape index (κ3) is 4.83. The van der Waals surface area contributed by atoms with E-state index in [0.717, 1.165) is 50.7 Å². The van der Waals surface area contributed by atoms with Gasteiger partial charge in [-0.15, -0.1) is 0 Å². The van der Waals surface area contributed by atoms with E-state index in [-0.39, 0.29) is 13.0 Å². The summed E-state index contributed by atoms with van der Waals surface area (Å²) in [5.41, 5.74) is 4.89. The topological polar surface area (TPSA) is 65.4 Å². The van der Waals surface area contributed by atoms with Crippen molar-refractivity contribution >= 4 is 17.5 Å². The molecule has 6 nitrogen and oxygen atoms in total. The standard InChI is InChI=1S/C23H27N3O3/c27-22(28)9-15-29-16-14-25-10-12-26(13-11-25)23-20-7-3-1-5-18(20)17-19-6-2-4-8-21(19)24-23/h1-8H,9-17H2,(H,27,28). The van der Waals surface area contributed by atoms with Crippen LogP contribution in [0.2, 0.25) is 0 Å². The number of aliphatic carboxylic acids is 1. The highest BCUT2D eigenvalue weighted by molar-refractivity contribution is 6.02. The van der Waals surface area contributed by atoms with Crippen LogP contribution in [0.5, 0.6) is 0 Å². The first-order valence-electron chi connectivity index (χ1n) is 10.2. The average Bonchev–Trinajstić information content (AvgIpc) is 2.90. The number of fused-ring (bicyclic) bond motifs is 2. The van der Waals surface area contributed by atoms with Crippen LogP contribution in [0.1, 0.15) is 23.1 Å². The number of piperazine rings is 1. The lowest BCUT2D eigenvalue weighted by molar-refractivity contribution is -0.138. The summed E-state index contributed by atoms with van der Waals surface area (Å²) in [5.74, 6) is 0.257. The van der Waals surface area contributed by atoms with Crippen LogP contribution in [0.25, 0.3) is 0 Å². The molecule has 29 heavy (non-hydrogen) atoms. The second-order valence-electron chi connectivity index (χ2n) is 7.48. The Balaban J connectivity index is 1.41. The van der Waals surface area contributed by atoms with Gasteiger partial charge in [-0.25, -0.2) is 4.99 Å². The Bertz CT molecular complexity index is 888. The maximum atomic E-state index is 10.5. The number of benzene rings is 2. The lowest BCUT2D eigenvalue weighted by Gasteiger charge is -2.36. The van der Waals surface area contributed by atoms with Crippen molar-refractivity contribution in [2.75, 3.05) is 45.9 Å². The van der Waals surface area contributed by atoms with Crippen molar-refractivity contribution in [3.63, 3.8) is 0 Å². The zero-order valence-electron chi connectivity index (χ0n) is 16.6. The number of carboxylic acids is 1. The first-order valence-corrected chi connectivity index (χ1v) is 10.2. The quantitative estimate of drug-likeness (QED) is 0.765. The molecule has 0 aliphatic carbocycles. The van der Waals surface area contributed by atoms with E-state index in [4.69, 9.17) is 14.8 Å². The molecule has 0 spiro atoms. The summed E-state index contributed by atoms with van der Waals surface area (Å²) >= 11 is 0. The molecule has 2 aliphatic rings. The molecule has 1 N–H and O–H groups in total. The van der Waals surface area contributed by atoms with Gasteiger partial charge in [-0.2, -0.15) is 0 Å². The predicted molar refractivity (Wildman–Crippen MR) is 113 cm³/mol. The third-order valence-electron chi connectivity index (χ3n) is 5.54. The first-order chi connectivity index (χ1) is 14.2. The SMILES string of the molecule is O=C(O)CCOCCN1CCN(C2=Nc3ccccc3Cc3ccccc32)CC1. The molecule has 0 atom stereocenters. The number of aliphatic imine (C=N–C) groups is 1. The van der Waals surface area contributed by atoms with Gasteiger partial charge in [-0.1, -0.05) is 42.5 Å². The molecule has 0 aromatic heterocycles. The Morgan fingerprint density at radius 1 is 0.966 bits per heavy atom. The Morgan fingerprint density at radius 2 is 1.69 bits per heavy atom. The third-order valence-corrected chi connectivity index (χ3v) is 5.54. The zero-order chi connectivity index (χ0) is 20.1. The molecule has 0 amide bonds. The lowest BCUT2D eigenvalue weighted by Crippen LogP contribution is -2.49. The summed E-state index contributed by atoms with van der Waals surface area (Å²) in [4.78, 5) is 20.4. The molecule has 2 heterocycles. The lowest BCUT2D eigenvalue weighted by atomic mass is 9.99. The molecule has 0 bridgehead atoms. The van der Waals surface area contributed by atoms with E-state index in [0.29, 0.717) is 6.61 Å². The highest BCUT2D eigenvalue weighted by atomic mass is 16.5. The van der Waals surface area contributed by atoms with Crippen LogP contribution in [0.15, 0.2) is 53.5 Å². The smallest absolute Gasteiger partial charge is 0.305 e. The van der Waals surface area contributed by atoms with E-state index in [1.54, 1.807) is 0 Å². The number of carbonyl (C=O) groups is 1. The van der Waals surface area contributed by atoms with Crippen molar-refractivity contribution in [2.45, 2.75) is 12.8 Å². The molecular formula is C23H27N3O3. The van der Waals surface area contributed by atoms with Crippen molar-refractivity contribution in [3.8, 4) is 0 Å². The van der Waals surface area contributed by atoms with Crippen LogP contribution < -0.4 is 0 Å². The van der Waals surface area contributed by atoms with Gasteiger partial charge in [-0.05, 0) is 17.2 Å². The van der Waals surface area contributed by atoms with Crippen LogP contribution in [-0.2, 0) is 16.0 Å². The van der Waals surface area contributed by atoms with Crippen molar-refractivity contribution in [2.24, 2.45) is 4.99 Å². The van der Waals surface area contributed by atoms with E-state index in [2.05, 4.69) is 58.3 Å². The molecule has 2 aliphatic heterocycles. The Kier molecular flexibility index (Phi) is 6.22. The highest BCUT2D eigenvalue weighted by Gasteiger charge is 2.24. The molecule has 2 aromatic carbocycles. The minimum Gasteiger partial charge on any atom is -0.481 e. The number of hydrogen-bond donors (Lipinski definition) is 1. The highest BCUT2D eigenvalue weighted by Crippen LogP contribution is 2.29. The van der Waals surface area contributed by atoms with E-state index >= 15 is 0 Å². The van der Waals surface area contributed by atoms with E-state index in [1.165, 1.54) is 16.7 Å². The van der Waals surface area contributed by atoms with Gasteiger partial charge < -0.3 is 14.7 Å². The van der Waals surface area contributed by atoms with Gasteiger partial charge in [0.05, 0.1) is 25.3 Å². The maximum Gasteiger partial charge on any atom is 0.305 e. The number of nitrogens with zero attached hydrogens (tertiary/aromatic N) is 3. The van der Waals surface area contributed by atoms with E-state index in [1.807, 2.05) is 0 Å². The zero-order valence-corrected chi connectivity index (χ0v) is 16.6. The summed E-state index contributed by atoms with van der Waals surface area (Å²) in [5, 5.41) is 8.66. The summed E-state index contributed by atoms with van der Waals surface area (Å²) in [6.07, 6.45) is 0.974. The molecule has 0 saturated carbocycles. The van der Waals surface area contributed by atoms with E-state index < -0.39 is 5.97 Å². The minimum absolute atomic E-state index is 0.0640. The van der Waals surface area contributed by atoms with Gasteiger partial charge >= 0.3 is 5.97 Å². The summed E-state index contributed by atoms with van der Waals surface area (Å²) in [7, 11) is 0. The van der Waals surface area contributed by atoms with Crippen LogP contribution in [-0.4, -0.2) is 72.6 Å². The first kappa shape index (κ1) is 19.6. The number of carboxylic acid groups (broad SMARTS) is 1. The molecule has 4 rings (SSSR count). The number of hydrogen-bond acceptors (Lipinski definition) is 5. The van der Waals surface area contributed by atoms with Crippen molar-refractivity contribution in [1.29, 1.82) is 0 Å². The van der Waals surface area contributed by atoms with Crippen LogP contribution in [0.4, 0.5) is 5.69 Å². The Labute approximate surface area is 171 Å². The minimum atomic E-state index is -0.815. The molecule has 6 heteroatoms. The second-order valence-corrected chi connectivity index (χ2v) is 7.48. The molecule has 2 aromatic rings. The summed E-state index contributed by atoms with van der Waals surface area (Å²) < 4.78 is 5.43. The number of para-hydroxylation sites is 1. The number of amidine groups is 1. The molecule has 0 radical (unpaired) electrons. The van der Waals surface area contributed by atoms with Crippen LogP contribution in [0.3, 0.4) is 0 Å². The van der Waals surface area contributed by atoms with Gasteiger partial charge in [0.15, 0.2) is 0 Å². The maximum absolute atomic E-state index is 10.5. The normalized spacial score (nSPS) is 16.6. The largest absolute Gasteiger partial charge is 0.481 e. The van der Waals surface area contributed by atoms with Gasteiger partial charge in [0, 0.05) is 44.7 Å².